The molecule has 1 aromatic carbocycles. The van der Waals surface area contributed by atoms with E-state index in [0.29, 0.717) is 11.9 Å². The Morgan fingerprint density at radius 2 is 1.92 bits per heavy atom. The van der Waals surface area contributed by atoms with Gasteiger partial charge >= 0.3 is 0 Å². The van der Waals surface area contributed by atoms with Crippen molar-refractivity contribution < 1.29 is 4.42 Å². The molecule has 136 valence electrons. The van der Waals surface area contributed by atoms with Gasteiger partial charge in [-0.3, -0.25) is 0 Å². The summed E-state index contributed by atoms with van der Waals surface area (Å²) >= 11 is 0. The number of aliphatic imine (C=N–C) groups is 1. The Balaban J connectivity index is 1.64. The Morgan fingerprint density at radius 3 is 2.62 bits per heavy atom. The molecule has 0 radical (unpaired) electrons. The van der Waals surface area contributed by atoms with Gasteiger partial charge in [0.2, 0.25) is 5.96 Å². The monoisotopic (exact) mass is 350 g/mol. The molecule has 1 fully saturated rings. The van der Waals surface area contributed by atoms with E-state index in [1.165, 1.54) is 24.8 Å². The molecule has 2 aliphatic rings. The molecule has 1 unspecified atom stereocenters. The molecule has 1 atom stereocenters. The Hall–Kier alpha value is -2.53. The Labute approximate surface area is 154 Å². The van der Waals surface area contributed by atoms with Gasteiger partial charge in [-0.05, 0) is 43.9 Å². The third-order valence-electron chi connectivity index (χ3n) is 5.49. The minimum absolute atomic E-state index is 0.364. The third-order valence-corrected chi connectivity index (χ3v) is 5.49. The smallest absolute Gasteiger partial charge is 0.202 e. The molecule has 1 aliphatic heterocycles. The predicted molar refractivity (Wildman–Crippen MR) is 106 cm³/mol. The topological polar surface area (TPSA) is 75.6 Å². The van der Waals surface area contributed by atoms with E-state index < -0.39 is 5.66 Å². The van der Waals surface area contributed by atoms with Crippen LogP contribution in [-0.4, -0.2) is 11.6 Å². The van der Waals surface area contributed by atoms with E-state index in [1.807, 2.05) is 24.4 Å². The maximum absolute atomic E-state index is 7.00. The highest BCUT2D eigenvalue weighted by molar-refractivity contribution is 5.98. The molecule has 1 saturated carbocycles. The van der Waals surface area contributed by atoms with Gasteiger partial charge in [0, 0.05) is 23.0 Å². The van der Waals surface area contributed by atoms with Crippen LogP contribution in [0, 0.1) is 12.8 Å². The molecule has 0 spiro atoms. The van der Waals surface area contributed by atoms with Crippen LogP contribution in [0.5, 0.6) is 0 Å². The number of guanidine groups is 1. The van der Waals surface area contributed by atoms with E-state index in [0.717, 1.165) is 29.7 Å². The van der Waals surface area contributed by atoms with Gasteiger partial charge in [-0.1, -0.05) is 37.0 Å². The Bertz CT molecular complexity index is 801. The fourth-order valence-corrected chi connectivity index (χ4v) is 3.98. The van der Waals surface area contributed by atoms with Crippen LogP contribution in [0.2, 0.25) is 0 Å². The van der Waals surface area contributed by atoms with Crippen molar-refractivity contribution in [1.29, 1.82) is 0 Å². The van der Waals surface area contributed by atoms with Crippen LogP contribution >= 0.6 is 0 Å². The van der Waals surface area contributed by atoms with E-state index in [4.69, 9.17) is 10.2 Å². The number of hydrogen-bond donors (Lipinski definition) is 3. The summed E-state index contributed by atoms with van der Waals surface area (Å²) < 4.78 is 5.29. The number of nitrogens with one attached hydrogen (secondary N) is 2. The number of hydrogen-bond acceptors (Lipinski definition) is 5. The fraction of sp³-hybridized carbons (Fsp3) is 0.381. The zero-order valence-corrected chi connectivity index (χ0v) is 15.2. The summed E-state index contributed by atoms with van der Waals surface area (Å²) in [7, 11) is 0. The minimum atomic E-state index is -0.654. The first-order valence-electron chi connectivity index (χ1n) is 9.37. The van der Waals surface area contributed by atoms with E-state index in [9.17, 15) is 0 Å². The van der Waals surface area contributed by atoms with Crippen molar-refractivity contribution in [2.24, 2.45) is 16.6 Å². The summed E-state index contributed by atoms with van der Waals surface area (Å²) in [6.07, 6.45) is 11.3. The van der Waals surface area contributed by atoms with Gasteiger partial charge in [-0.2, -0.15) is 0 Å². The van der Waals surface area contributed by atoms with Crippen molar-refractivity contribution in [2.45, 2.75) is 44.7 Å². The van der Waals surface area contributed by atoms with Crippen molar-refractivity contribution in [3.63, 3.8) is 0 Å². The summed E-state index contributed by atoms with van der Waals surface area (Å²) in [5.74, 6) is 1.05. The molecule has 0 bridgehead atoms. The third kappa shape index (κ3) is 3.27. The Morgan fingerprint density at radius 1 is 1.15 bits per heavy atom. The van der Waals surface area contributed by atoms with Gasteiger partial charge in [0.05, 0.1) is 12.5 Å². The lowest BCUT2D eigenvalue weighted by Crippen LogP contribution is -2.64. The highest BCUT2D eigenvalue weighted by atomic mass is 16.3. The summed E-state index contributed by atoms with van der Waals surface area (Å²) in [5.41, 5.74) is 10.5. The maximum atomic E-state index is 7.00. The minimum Gasteiger partial charge on any atom is -0.472 e. The van der Waals surface area contributed by atoms with Crippen molar-refractivity contribution in [3.05, 3.63) is 60.2 Å². The number of nitrogens with two attached hydrogens (primary N) is 1. The summed E-state index contributed by atoms with van der Waals surface area (Å²) in [5, 5.41) is 6.87. The highest BCUT2D eigenvalue weighted by Gasteiger charge is 2.42. The number of anilines is 1. The van der Waals surface area contributed by atoms with E-state index >= 15 is 0 Å². The molecular weight excluding hydrogens is 324 g/mol. The van der Waals surface area contributed by atoms with E-state index in [-0.39, 0.29) is 0 Å². The zero-order valence-electron chi connectivity index (χ0n) is 15.2. The Kier molecular flexibility index (Phi) is 4.55. The molecule has 4 N–H and O–H groups in total. The summed E-state index contributed by atoms with van der Waals surface area (Å²) in [6.45, 7) is 2.08. The van der Waals surface area contributed by atoms with Gasteiger partial charge in [0.25, 0.3) is 0 Å². The van der Waals surface area contributed by atoms with Crippen LogP contribution in [-0.2, 0) is 0 Å². The van der Waals surface area contributed by atoms with Gasteiger partial charge in [0.1, 0.15) is 5.66 Å². The zero-order chi connectivity index (χ0) is 18.0. The maximum Gasteiger partial charge on any atom is 0.202 e. The number of nitrogens with zero attached hydrogens (tertiary/aromatic N) is 1. The first kappa shape index (κ1) is 16.9. The van der Waals surface area contributed by atoms with E-state index in [1.54, 1.807) is 12.5 Å². The quantitative estimate of drug-likeness (QED) is 0.774. The normalized spacial score (nSPS) is 23.8. The summed E-state index contributed by atoms with van der Waals surface area (Å²) in [6, 6.07) is 10.2. The molecule has 1 aliphatic carbocycles. The SMILES string of the molecule is Cc1ccc(NC2=NC=C(c3ccoc3)C(N)(C3CCCCC3)N2)cc1. The highest BCUT2D eigenvalue weighted by Crippen LogP contribution is 2.39. The number of aryl methyl sites for hydroxylation is 1. The van der Waals surface area contributed by atoms with Crippen LogP contribution in [0.4, 0.5) is 5.69 Å². The van der Waals surface area contributed by atoms with Crippen molar-refractivity contribution in [2.75, 3.05) is 5.32 Å². The number of furan rings is 1. The molecule has 2 aromatic rings. The first-order chi connectivity index (χ1) is 12.6. The molecule has 0 amide bonds. The average molecular weight is 350 g/mol. The van der Waals surface area contributed by atoms with Crippen LogP contribution in [0.1, 0.15) is 43.2 Å². The second kappa shape index (κ2) is 7.00. The van der Waals surface area contributed by atoms with Crippen LogP contribution < -0.4 is 16.4 Å². The molecule has 5 heteroatoms. The average Bonchev–Trinajstić information content (AvgIpc) is 3.19. The largest absolute Gasteiger partial charge is 0.472 e. The van der Waals surface area contributed by atoms with Gasteiger partial charge in [0.15, 0.2) is 0 Å². The first-order valence-corrected chi connectivity index (χ1v) is 9.37. The molecule has 5 nitrogen and oxygen atoms in total. The number of benzene rings is 1. The van der Waals surface area contributed by atoms with Gasteiger partial charge in [-0.25, -0.2) is 4.99 Å². The second-order valence-electron chi connectivity index (χ2n) is 7.35. The second-order valence-corrected chi connectivity index (χ2v) is 7.35. The molecule has 0 saturated heterocycles. The lowest BCUT2D eigenvalue weighted by atomic mass is 9.75. The van der Waals surface area contributed by atoms with E-state index in [2.05, 4.69) is 34.7 Å². The molecule has 1 aromatic heterocycles. The predicted octanol–water partition coefficient (Wildman–Crippen LogP) is 4.24. The standard InChI is InChI=1S/C21H26N4O/c1-15-7-9-18(10-8-15)24-20-23-13-19(16-11-12-26-14-16)21(22,25-20)17-5-3-2-4-6-17/h7-14,17H,2-6,22H2,1H3,(H2,23,24,25). The molecular formula is C21H26N4O. The van der Waals surface area contributed by atoms with Crippen molar-refractivity contribution >= 4 is 17.2 Å². The van der Waals surface area contributed by atoms with Crippen LogP contribution in [0.3, 0.4) is 0 Å². The molecule has 2 heterocycles. The van der Waals surface area contributed by atoms with Gasteiger partial charge < -0.3 is 20.8 Å². The van der Waals surface area contributed by atoms with Crippen molar-refractivity contribution in [3.8, 4) is 0 Å². The number of rotatable bonds is 3. The lowest BCUT2D eigenvalue weighted by molar-refractivity contribution is 0.240. The van der Waals surface area contributed by atoms with Crippen LogP contribution in [0.25, 0.3) is 5.57 Å². The lowest BCUT2D eigenvalue weighted by Gasteiger charge is -2.43. The van der Waals surface area contributed by atoms with Crippen molar-refractivity contribution in [1.82, 2.24) is 5.32 Å². The molecule has 4 rings (SSSR count). The van der Waals surface area contributed by atoms with Crippen LogP contribution in [0.15, 0.2) is 58.5 Å². The van der Waals surface area contributed by atoms with Gasteiger partial charge in [-0.15, -0.1) is 0 Å². The molecule has 26 heavy (non-hydrogen) atoms. The summed E-state index contributed by atoms with van der Waals surface area (Å²) in [4.78, 5) is 4.59. The fourth-order valence-electron chi connectivity index (χ4n) is 3.98.